The number of pyridine rings is 2. The Morgan fingerprint density at radius 3 is 0.983 bits per heavy atom. The van der Waals surface area contributed by atoms with Crippen molar-refractivity contribution in [2.75, 3.05) is 9.44 Å². The van der Waals surface area contributed by atoms with E-state index in [-0.39, 0.29) is 23.7 Å². The molecule has 2 aromatic heterocycles. The van der Waals surface area contributed by atoms with Crippen LogP contribution in [-0.2, 0) is 20.0 Å². The zero-order valence-electron chi connectivity index (χ0n) is 36.0. The molecule has 58 heavy (non-hydrogen) atoms. The molecule has 0 unspecified atom stereocenters. The quantitative estimate of drug-likeness (QED) is 0.127. The average Bonchev–Trinajstić information content (AvgIpc) is 3.17. The third-order valence-electron chi connectivity index (χ3n) is 10.5. The van der Waals surface area contributed by atoms with Gasteiger partial charge in [0.2, 0.25) is 0 Å². The summed E-state index contributed by atoms with van der Waals surface area (Å²) < 4.78 is 60.2. The maximum Gasteiger partial charge on any atom is 0.262 e. The SMILES string of the molecule is CC(C)c1cc(C(C)C)c(S(=O)(=O)Nc2cccc3cccnc23)c(C(C)C)c1.CC(C)c1cc(C(C)C)c(S(=O)(=O)Nc2cccc3cccnc23)c(C(C)C)c1. The summed E-state index contributed by atoms with van der Waals surface area (Å²) in [5.74, 6) is 1.01. The van der Waals surface area contributed by atoms with Crippen LogP contribution in [0, 0.1) is 0 Å². The van der Waals surface area contributed by atoms with Crippen LogP contribution < -0.4 is 9.44 Å². The van der Waals surface area contributed by atoms with Gasteiger partial charge in [0.25, 0.3) is 20.0 Å². The van der Waals surface area contributed by atoms with Gasteiger partial charge in [-0.2, -0.15) is 0 Å². The first-order chi connectivity index (χ1) is 27.2. The van der Waals surface area contributed by atoms with Crippen molar-refractivity contribution in [2.45, 2.75) is 128 Å². The third-order valence-corrected chi connectivity index (χ3v) is 13.4. The summed E-state index contributed by atoms with van der Waals surface area (Å²) in [6.07, 6.45) is 3.35. The van der Waals surface area contributed by atoms with Gasteiger partial charge in [-0.15, -0.1) is 0 Å². The fourth-order valence-electron chi connectivity index (χ4n) is 7.16. The van der Waals surface area contributed by atoms with Gasteiger partial charge < -0.3 is 0 Å². The summed E-state index contributed by atoms with van der Waals surface area (Å²) in [4.78, 5) is 9.57. The Bertz CT molecular complexity index is 2380. The predicted octanol–water partition coefficient (Wildman–Crippen LogP) is 12.8. The summed E-state index contributed by atoms with van der Waals surface area (Å²) in [5.41, 5.74) is 8.08. The molecule has 0 aliphatic heterocycles. The molecule has 2 N–H and O–H groups in total. The largest absolute Gasteiger partial charge is 0.277 e. The molecule has 308 valence electrons. The second-order valence-electron chi connectivity index (χ2n) is 17.0. The standard InChI is InChI=1S/2C24H30N2O2S/c2*1-15(2)19-13-20(16(3)4)24(21(14-19)17(5)6)29(27,28)26-22-11-7-9-18-10-8-12-25-23(18)22/h2*7-17,26H,1-6H3. The highest BCUT2D eigenvalue weighted by atomic mass is 32.2. The lowest BCUT2D eigenvalue weighted by Gasteiger charge is -2.23. The van der Waals surface area contributed by atoms with Crippen LogP contribution in [0.1, 0.15) is 152 Å². The Balaban J connectivity index is 0.000000221. The summed E-state index contributed by atoms with van der Waals surface area (Å²) in [6, 6.07) is 26.8. The Hall–Kier alpha value is -4.80. The van der Waals surface area contributed by atoms with E-state index in [1.807, 2.05) is 104 Å². The summed E-state index contributed by atoms with van der Waals surface area (Å²) in [6.45, 7) is 24.9. The number of hydrogen-bond acceptors (Lipinski definition) is 6. The van der Waals surface area contributed by atoms with Crippen LogP contribution in [0.25, 0.3) is 21.8 Å². The van der Waals surface area contributed by atoms with Crippen LogP contribution in [0.4, 0.5) is 11.4 Å². The van der Waals surface area contributed by atoms with E-state index in [0.717, 1.165) is 33.0 Å². The van der Waals surface area contributed by atoms with Crippen LogP contribution in [0.3, 0.4) is 0 Å². The van der Waals surface area contributed by atoms with Crippen LogP contribution in [0.15, 0.2) is 107 Å². The number of nitrogens with zero attached hydrogens (tertiary/aromatic N) is 2. The smallest absolute Gasteiger partial charge is 0.262 e. The molecule has 6 aromatic rings. The van der Waals surface area contributed by atoms with Gasteiger partial charge in [-0.05, 0) is 93.2 Å². The fourth-order valence-corrected chi connectivity index (χ4v) is 10.7. The molecule has 0 saturated carbocycles. The molecule has 2 heterocycles. The Morgan fingerprint density at radius 1 is 0.414 bits per heavy atom. The number of rotatable bonds is 12. The van der Waals surface area contributed by atoms with Crippen LogP contribution in [-0.4, -0.2) is 26.8 Å². The van der Waals surface area contributed by atoms with Crippen molar-refractivity contribution in [2.24, 2.45) is 0 Å². The monoisotopic (exact) mass is 820 g/mol. The Labute approximate surface area is 347 Å². The van der Waals surface area contributed by atoms with E-state index in [1.165, 1.54) is 11.1 Å². The van der Waals surface area contributed by atoms with Crippen molar-refractivity contribution in [1.82, 2.24) is 9.97 Å². The number of para-hydroxylation sites is 2. The first-order valence-corrected chi connectivity index (χ1v) is 23.3. The first kappa shape index (κ1) is 44.3. The summed E-state index contributed by atoms with van der Waals surface area (Å²) in [5, 5.41) is 1.80. The van der Waals surface area contributed by atoms with Gasteiger partial charge >= 0.3 is 0 Å². The van der Waals surface area contributed by atoms with E-state index < -0.39 is 20.0 Å². The molecule has 0 aliphatic rings. The molecule has 10 heteroatoms. The number of nitrogens with one attached hydrogen (secondary N) is 2. The third kappa shape index (κ3) is 9.72. The molecule has 0 spiro atoms. The molecular formula is C48H60N4O4S2. The number of aromatic nitrogens is 2. The van der Waals surface area contributed by atoms with Crippen LogP contribution >= 0.6 is 0 Å². The van der Waals surface area contributed by atoms with Gasteiger partial charge in [0.15, 0.2) is 0 Å². The number of hydrogen-bond donors (Lipinski definition) is 2. The topological polar surface area (TPSA) is 118 Å². The van der Waals surface area contributed by atoms with Gasteiger partial charge in [0.1, 0.15) is 0 Å². The van der Waals surface area contributed by atoms with E-state index in [9.17, 15) is 16.8 Å². The molecule has 0 fully saturated rings. The number of benzene rings is 4. The molecular weight excluding hydrogens is 761 g/mol. The van der Waals surface area contributed by atoms with E-state index in [2.05, 4.69) is 71.4 Å². The number of fused-ring (bicyclic) bond motifs is 2. The minimum Gasteiger partial charge on any atom is -0.277 e. The molecule has 0 bridgehead atoms. The van der Waals surface area contributed by atoms with Gasteiger partial charge in [0, 0.05) is 23.2 Å². The van der Waals surface area contributed by atoms with Crippen molar-refractivity contribution in [3.05, 3.63) is 131 Å². The van der Waals surface area contributed by atoms with E-state index >= 15 is 0 Å². The van der Waals surface area contributed by atoms with Crippen molar-refractivity contribution < 1.29 is 16.8 Å². The molecule has 0 radical (unpaired) electrons. The average molecular weight is 821 g/mol. The maximum absolute atomic E-state index is 13.6. The molecule has 8 nitrogen and oxygen atoms in total. The van der Waals surface area contributed by atoms with Crippen molar-refractivity contribution >= 4 is 53.2 Å². The second-order valence-corrected chi connectivity index (χ2v) is 20.2. The molecule has 4 aromatic carbocycles. The van der Waals surface area contributed by atoms with Crippen LogP contribution in [0.5, 0.6) is 0 Å². The van der Waals surface area contributed by atoms with Gasteiger partial charge in [-0.3, -0.25) is 19.4 Å². The van der Waals surface area contributed by atoms with Gasteiger partial charge in [-0.25, -0.2) is 16.8 Å². The lowest BCUT2D eigenvalue weighted by Crippen LogP contribution is -2.19. The highest BCUT2D eigenvalue weighted by Crippen LogP contribution is 2.38. The highest BCUT2D eigenvalue weighted by molar-refractivity contribution is 7.93. The van der Waals surface area contributed by atoms with E-state index in [4.69, 9.17) is 0 Å². The van der Waals surface area contributed by atoms with Crippen molar-refractivity contribution in [1.29, 1.82) is 0 Å². The van der Waals surface area contributed by atoms with E-state index in [0.29, 0.717) is 44.0 Å². The first-order valence-electron chi connectivity index (χ1n) is 20.3. The lowest BCUT2D eigenvalue weighted by molar-refractivity contribution is 0.594. The number of sulfonamides is 2. The van der Waals surface area contributed by atoms with Crippen molar-refractivity contribution in [3.8, 4) is 0 Å². The zero-order chi connectivity index (χ0) is 42.7. The minimum absolute atomic E-state index is 0.0865. The summed E-state index contributed by atoms with van der Waals surface area (Å²) in [7, 11) is -7.58. The summed E-state index contributed by atoms with van der Waals surface area (Å²) >= 11 is 0. The lowest BCUT2D eigenvalue weighted by atomic mass is 9.89. The second kappa shape index (κ2) is 18.0. The molecule has 0 amide bonds. The fraction of sp³-hybridized carbons (Fsp3) is 0.375. The van der Waals surface area contributed by atoms with E-state index in [1.54, 1.807) is 24.5 Å². The van der Waals surface area contributed by atoms with Crippen LogP contribution in [0.2, 0.25) is 0 Å². The molecule has 6 rings (SSSR count). The Kier molecular flexibility index (Phi) is 13.7. The zero-order valence-corrected chi connectivity index (χ0v) is 37.7. The molecule has 0 saturated heterocycles. The van der Waals surface area contributed by atoms with Crippen molar-refractivity contribution in [3.63, 3.8) is 0 Å². The number of anilines is 2. The molecule has 0 aliphatic carbocycles. The highest BCUT2D eigenvalue weighted by Gasteiger charge is 2.29. The van der Waals surface area contributed by atoms with Gasteiger partial charge in [-0.1, -0.05) is 144 Å². The molecule has 0 atom stereocenters. The minimum atomic E-state index is -3.79. The normalized spacial score (nSPS) is 12.3. The van der Waals surface area contributed by atoms with Gasteiger partial charge in [0.05, 0.1) is 32.2 Å². The predicted molar refractivity (Wildman–Crippen MR) is 243 cm³/mol. The Morgan fingerprint density at radius 2 is 0.707 bits per heavy atom. The maximum atomic E-state index is 13.6.